The Morgan fingerprint density at radius 3 is 2.31 bits per heavy atom. The molecule has 2 N–H and O–H groups in total. The number of rotatable bonds is 7. The first-order chi connectivity index (χ1) is 18.9. The number of fused-ring (bicyclic) bond motifs is 1. The molecule has 0 aliphatic rings. The minimum Gasteiger partial charge on any atom is -0.462 e. The zero-order valence-electron chi connectivity index (χ0n) is 21.5. The summed E-state index contributed by atoms with van der Waals surface area (Å²) < 4.78 is 16.4. The van der Waals surface area contributed by atoms with Gasteiger partial charge in [-0.1, -0.05) is 47.1 Å². The Bertz CT molecular complexity index is 1680. The van der Waals surface area contributed by atoms with Crippen LogP contribution in [0.15, 0.2) is 81.7 Å². The summed E-state index contributed by atoms with van der Waals surface area (Å²) >= 11 is 0. The van der Waals surface area contributed by atoms with E-state index in [2.05, 4.69) is 15.8 Å². The summed E-state index contributed by atoms with van der Waals surface area (Å²) in [6.45, 7) is 5.63. The van der Waals surface area contributed by atoms with E-state index in [-0.39, 0.29) is 23.6 Å². The number of nitrogens with one attached hydrogen (secondary N) is 2. The van der Waals surface area contributed by atoms with Crippen LogP contribution < -0.4 is 10.6 Å². The molecule has 0 bridgehead atoms. The minimum atomic E-state index is -0.578. The van der Waals surface area contributed by atoms with E-state index in [1.54, 1.807) is 62.4 Å². The highest BCUT2D eigenvalue weighted by atomic mass is 16.5. The lowest BCUT2D eigenvalue weighted by Gasteiger charge is -2.09. The van der Waals surface area contributed by atoms with Gasteiger partial charge < -0.3 is 24.3 Å². The van der Waals surface area contributed by atoms with Gasteiger partial charge in [0.25, 0.3) is 11.8 Å². The number of furan rings is 1. The number of esters is 1. The Balaban J connectivity index is 1.45. The van der Waals surface area contributed by atoms with E-state index in [9.17, 15) is 14.4 Å². The predicted molar refractivity (Wildman–Crippen MR) is 146 cm³/mol. The van der Waals surface area contributed by atoms with Crippen molar-refractivity contribution in [3.63, 3.8) is 0 Å². The first kappa shape index (κ1) is 25.5. The lowest BCUT2D eigenvalue weighted by molar-refractivity contribution is 0.0526. The molecule has 2 amide bonds. The fraction of sp³-hybridized carbons (Fsp3) is 0.133. The van der Waals surface area contributed by atoms with E-state index in [0.29, 0.717) is 39.2 Å². The van der Waals surface area contributed by atoms with E-state index < -0.39 is 17.8 Å². The molecule has 5 rings (SSSR count). The first-order valence-corrected chi connectivity index (χ1v) is 12.3. The molecule has 0 fully saturated rings. The fourth-order valence-electron chi connectivity index (χ4n) is 4.14. The normalized spacial score (nSPS) is 10.8. The van der Waals surface area contributed by atoms with Gasteiger partial charge in [-0.2, -0.15) is 0 Å². The zero-order chi connectivity index (χ0) is 27.5. The highest BCUT2D eigenvalue weighted by Gasteiger charge is 2.27. The summed E-state index contributed by atoms with van der Waals surface area (Å²) in [5.41, 5.74) is 3.86. The van der Waals surface area contributed by atoms with Crippen molar-refractivity contribution < 1.29 is 28.1 Å². The van der Waals surface area contributed by atoms with Crippen molar-refractivity contribution in [2.24, 2.45) is 0 Å². The smallest absolute Gasteiger partial charge is 0.338 e. The standard InChI is InChI=1S/C30H25N3O6/c1-4-37-30(36)20-13-15-21(16-14-20)31-29(35)27-25(22-7-5-6-8-23(22)38-27)32-28(34)24-18(3)33-39-26(24)19-11-9-17(2)10-12-19/h5-16H,4H2,1-3H3,(H,31,35)(H,32,34). The SMILES string of the molecule is CCOC(=O)c1ccc(NC(=O)c2oc3ccccc3c2NC(=O)c2c(C)noc2-c2ccc(C)cc2)cc1. The van der Waals surface area contributed by atoms with E-state index in [0.717, 1.165) is 5.56 Å². The summed E-state index contributed by atoms with van der Waals surface area (Å²) in [5, 5.41) is 10.2. The van der Waals surface area contributed by atoms with Crippen LogP contribution in [0.1, 0.15) is 49.5 Å². The summed E-state index contributed by atoms with van der Waals surface area (Å²) in [5.74, 6) is -1.28. The molecule has 2 aromatic heterocycles. The average Bonchev–Trinajstić information content (AvgIpc) is 3.50. The monoisotopic (exact) mass is 523 g/mol. The Kier molecular flexibility index (Phi) is 6.96. The maximum atomic E-state index is 13.6. The zero-order valence-corrected chi connectivity index (χ0v) is 21.5. The molecule has 0 saturated carbocycles. The number of amides is 2. The molecule has 196 valence electrons. The second kappa shape index (κ2) is 10.7. The highest BCUT2D eigenvalue weighted by molar-refractivity contribution is 6.18. The molecule has 9 nitrogen and oxygen atoms in total. The Labute approximate surface area is 223 Å². The van der Waals surface area contributed by atoms with Crippen molar-refractivity contribution in [3.8, 4) is 11.3 Å². The first-order valence-electron chi connectivity index (χ1n) is 12.3. The largest absolute Gasteiger partial charge is 0.462 e. The maximum Gasteiger partial charge on any atom is 0.338 e. The number of para-hydroxylation sites is 1. The number of hydrogen-bond donors (Lipinski definition) is 2. The number of carbonyl (C=O) groups is 3. The average molecular weight is 524 g/mol. The summed E-state index contributed by atoms with van der Waals surface area (Å²) in [6.07, 6.45) is 0. The van der Waals surface area contributed by atoms with Crippen LogP contribution in [0.5, 0.6) is 0 Å². The lowest BCUT2D eigenvalue weighted by Crippen LogP contribution is -2.18. The van der Waals surface area contributed by atoms with Crippen molar-refractivity contribution in [2.75, 3.05) is 17.2 Å². The number of anilines is 2. The third-order valence-corrected chi connectivity index (χ3v) is 6.10. The second-order valence-electron chi connectivity index (χ2n) is 8.85. The van der Waals surface area contributed by atoms with Crippen molar-refractivity contribution in [3.05, 3.63) is 101 Å². The van der Waals surface area contributed by atoms with Crippen LogP contribution in [0.2, 0.25) is 0 Å². The van der Waals surface area contributed by atoms with Crippen molar-refractivity contribution in [1.82, 2.24) is 5.16 Å². The minimum absolute atomic E-state index is 0.0787. The van der Waals surface area contributed by atoms with E-state index >= 15 is 0 Å². The van der Waals surface area contributed by atoms with Gasteiger partial charge in [0.2, 0.25) is 5.76 Å². The van der Waals surface area contributed by atoms with Gasteiger partial charge in [-0.3, -0.25) is 9.59 Å². The molecular weight excluding hydrogens is 498 g/mol. The van der Waals surface area contributed by atoms with E-state index in [1.807, 2.05) is 31.2 Å². The maximum absolute atomic E-state index is 13.6. The Hall–Kier alpha value is -5.18. The van der Waals surface area contributed by atoms with Gasteiger partial charge in [-0.15, -0.1) is 0 Å². The number of nitrogens with zero attached hydrogens (tertiary/aromatic N) is 1. The van der Waals surface area contributed by atoms with Crippen LogP contribution in [0.25, 0.3) is 22.3 Å². The molecule has 3 aromatic carbocycles. The number of aryl methyl sites for hydroxylation is 2. The molecule has 0 aliphatic heterocycles. The molecular formula is C30H25N3O6. The topological polar surface area (TPSA) is 124 Å². The van der Waals surface area contributed by atoms with Crippen LogP contribution in [-0.4, -0.2) is 29.5 Å². The number of benzene rings is 3. The molecule has 39 heavy (non-hydrogen) atoms. The summed E-state index contributed by atoms with van der Waals surface area (Å²) in [4.78, 5) is 38.8. The molecule has 0 radical (unpaired) electrons. The molecule has 2 heterocycles. The van der Waals surface area contributed by atoms with Crippen LogP contribution in [-0.2, 0) is 4.74 Å². The molecule has 0 aliphatic carbocycles. The number of carbonyl (C=O) groups excluding carboxylic acids is 3. The van der Waals surface area contributed by atoms with Crippen LogP contribution in [0.4, 0.5) is 11.4 Å². The third-order valence-electron chi connectivity index (χ3n) is 6.10. The van der Waals surface area contributed by atoms with Crippen molar-refractivity contribution >= 4 is 40.1 Å². The van der Waals surface area contributed by atoms with Crippen LogP contribution in [0.3, 0.4) is 0 Å². The fourth-order valence-corrected chi connectivity index (χ4v) is 4.14. The summed E-state index contributed by atoms with van der Waals surface area (Å²) in [6, 6.07) is 20.8. The Morgan fingerprint density at radius 1 is 0.872 bits per heavy atom. The van der Waals surface area contributed by atoms with Gasteiger partial charge in [0.15, 0.2) is 5.76 Å². The van der Waals surface area contributed by atoms with Gasteiger partial charge in [-0.25, -0.2) is 4.79 Å². The van der Waals surface area contributed by atoms with E-state index in [1.165, 1.54) is 0 Å². The highest BCUT2D eigenvalue weighted by Crippen LogP contribution is 2.33. The van der Waals surface area contributed by atoms with Gasteiger partial charge >= 0.3 is 5.97 Å². The van der Waals surface area contributed by atoms with Crippen molar-refractivity contribution in [1.29, 1.82) is 0 Å². The number of aromatic nitrogens is 1. The lowest BCUT2D eigenvalue weighted by atomic mass is 10.0. The molecule has 0 atom stereocenters. The second-order valence-corrected chi connectivity index (χ2v) is 8.85. The molecule has 0 saturated heterocycles. The predicted octanol–water partition coefficient (Wildman–Crippen LogP) is 6.39. The number of hydrogen-bond acceptors (Lipinski definition) is 7. The van der Waals surface area contributed by atoms with Crippen LogP contribution >= 0.6 is 0 Å². The molecule has 5 aromatic rings. The number of ether oxygens (including phenoxy) is 1. The van der Waals surface area contributed by atoms with E-state index in [4.69, 9.17) is 13.7 Å². The summed E-state index contributed by atoms with van der Waals surface area (Å²) in [7, 11) is 0. The molecule has 0 spiro atoms. The Morgan fingerprint density at radius 2 is 1.59 bits per heavy atom. The van der Waals surface area contributed by atoms with Gasteiger partial charge in [0, 0.05) is 16.6 Å². The van der Waals surface area contributed by atoms with Crippen LogP contribution in [0, 0.1) is 13.8 Å². The van der Waals surface area contributed by atoms with Gasteiger partial charge in [0.1, 0.15) is 16.8 Å². The molecule has 0 unspecified atom stereocenters. The van der Waals surface area contributed by atoms with Gasteiger partial charge in [0.05, 0.1) is 17.9 Å². The van der Waals surface area contributed by atoms with Gasteiger partial charge in [-0.05, 0) is 57.2 Å². The molecule has 9 heteroatoms. The van der Waals surface area contributed by atoms with Crippen molar-refractivity contribution in [2.45, 2.75) is 20.8 Å². The quantitative estimate of drug-likeness (QED) is 0.237. The third kappa shape index (κ3) is 5.15.